The molecule has 1 atom stereocenters. The Hall–Kier alpha value is -2.25. The number of halogens is 1. The molecule has 5 nitrogen and oxygen atoms in total. The molecule has 0 saturated heterocycles. The molecule has 0 unspecified atom stereocenters. The number of thiophene rings is 1. The van der Waals surface area contributed by atoms with Crippen LogP contribution in [0.25, 0.3) is 0 Å². The maximum Gasteiger partial charge on any atom is 0.247 e. The number of carbonyl (C=O) groups is 2. The van der Waals surface area contributed by atoms with Gasteiger partial charge in [0.05, 0.1) is 13.0 Å². The smallest absolute Gasteiger partial charge is 0.247 e. The largest absolute Gasteiger partial charge is 0.383 e. The molecular formula is C22H27FN2O3S. The number of nitrogens with zero attached hydrogens (tertiary/aromatic N) is 1. The fraction of sp³-hybridized carbons (Fsp3) is 0.455. The molecule has 156 valence electrons. The first-order valence-electron chi connectivity index (χ1n) is 9.95. The van der Waals surface area contributed by atoms with E-state index < -0.39 is 6.04 Å². The molecular weight excluding hydrogens is 391 g/mol. The first kappa shape index (κ1) is 21.5. The zero-order valence-electron chi connectivity index (χ0n) is 16.6. The van der Waals surface area contributed by atoms with Gasteiger partial charge in [-0.05, 0) is 42.0 Å². The van der Waals surface area contributed by atoms with Gasteiger partial charge in [-0.2, -0.15) is 0 Å². The highest BCUT2D eigenvalue weighted by Gasteiger charge is 2.33. The van der Waals surface area contributed by atoms with Crippen LogP contribution in [-0.4, -0.2) is 43.0 Å². The van der Waals surface area contributed by atoms with Crippen LogP contribution in [0.1, 0.15) is 42.2 Å². The summed E-state index contributed by atoms with van der Waals surface area (Å²) in [5.41, 5.74) is 0.595. The quantitative estimate of drug-likeness (QED) is 0.676. The van der Waals surface area contributed by atoms with Crippen molar-refractivity contribution in [3.8, 4) is 0 Å². The minimum atomic E-state index is -0.821. The predicted molar refractivity (Wildman–Crippen MR) is 111 cm³/mol. The monoisotopic (exact) mass is 418 g/mol. The van der Waals surface area contributed by atoms with E-state index in [0.717, 1.165) is 30.6 Å². The molecule has 0 aliphatic heterocycles. The second-order valence-electron chi connectivity index (χ2n) is 7.28. The number of benzene rings is 1. The van der Waals surface area contributed by atoms with E-state index >= 15 is 0 Å². The Bertz CT molecular complexity index is 789. The number of nitrogens with one attached hydrogen (secondary N) is 1. The molecule has 2 amide bonds. The van der Waals surface area contributed by atoms with E-state index in [1.54, 1.807) is 24.1 Å². The SMILES string of the molecule is COCCN(C(=O)Cc1cccs1)[C@H](C(=O)NC1CCCC1)c1ccc(F)cc1. The van der Waals surface area contributed by atoms with Crippen LogP contribution in [0.15, 0.2) is 41.8 Å². The van der Waals surface area contributed by atoms with E-state index in [4.69, 9.17) is 4.74 Å². The van der Waals surface area contributed by atoms with Gasteiger partial charge in [0.25, 0.3) is 0 Å². The number of rotatable bonds is 9. The highest BCUT2D eigenvalue weighted by molar-refractivity contribution is 7.10. The van der Waals surface area contributed by atoms with E-state index in [9.17, 15) is 14.0 Å². The van der Waals surface area contributed by atoms with Crippen LogP contribution in [0, 0.1) is 5.82 Å². The molecule has 0 radical (unpaired) electrons. The van der Waals surface area contributed by atoms with Gasteiger partial charge < -0.3 is 15.0 Å². The number of hydrogen-bond acceptors (Lipinski definition) is 4. The third kappa shape index (κ3) is 5.87. The maximum absolute atomic E-state index is 13.5. The molecule has 2 aromatic rings. The van der Waals surface area contributed by atoms with Crippen LogP contribution >= 0.6 is 11.3 Å². The molecule has 3 rings (SSSR count). The number of hydrogen-bond donors (Lipinski definition) is 1. The standard InChI is InChI=1S/C22H27FN2O3S/c1-28-13-12-25(20(26)15-19-7-4-14-29-19)21(16-8-10-17(23)11-9-16)22(27)24-18-5-2-3-6-18/h4,7-11,14,18,21H,2-3,5-6,12-13,15H2,1H3,(H,24,27)/t21-/m0/s1. The number of amides is 2. The van der Waals surface area contributed by atoms with Crippen LogP contribution in [0.3, 0.4) is 0 Å². The lowest BCUT2D eigenvalue weighted by molar-refractivity contribution is -0.141. The van der Waals surface area contributed by atoms with Gasteiger partial charge in [0.2, 0.25) is 11.8 Å². The maximum atomic E-state index is 13.5. The van der Waals surface area contributed by atoms with Gasteiger partial charge in [-0.3, -0.25) is 9.59 Å². The van der Waals surface area contributed by atoms with Gasteiger partial charge in [0.1, 0.15) is 11.9 Å². The Labute approximate surface area is 174 Å². The first-order valence-corrected chi connectivity index (χ1v) is 10.8. The summed E-state index contributed by atoms with van der Waals surface area (Å²) in [6.45, 7) is 0.589. The van der Waals surface area contributed by atoms with E-state index in [-0.39, 0.29) is 36.6 Å². The van der Waals surface area contributed by atoms with Crippen molar-refractivity contribution < 1.29 is 18.7 Å². The Morgan fingerprint density at radius 3 is 2.59 bits per heavy atom. The summed E-state index contributed by atoms with van der Waals surface area (Å²) in [6, 6.07) is 8.91. The molecule has 0 bridgehead atoms. The Morgan fingerprint density at radius 2 is 1.97 bits per heavy atom. The lowest BCUT2D eigenvalue weighted by Gasteiger charge is -2.32. The van der Waals surface area contributed by atoms with Gasteiger partial charge in [0.15, 0.2) is 0 Å². The van der Waals surface area contributed by atoms with Crippen molar-refractivity contribution in [3.05, 3.63) is 58.0 Å². The zero-order chi connectivity index (χ0) is 20.6. The molecule has 1 aliphatic rings. The van der Waals surface area contributed by atoms with Crippen molar-refractivity contribution in [1.82, 2.24) is 10.2 Å². The summed E-state index contributed by atoms with van der Waals surface area (Å²) in [5.74, 6) is -0.753. The Kier molecular flexibility index (Phi) is 7.77. The van der Waals surface area contributed by atoms with Crippen LogP contribution in [0.5, 0.6) is 0 Å². The number of ether oxygens (including phenoxy) is 1. The topological polar surface area (TPSA) is 58.6 Å². The molecule has 7 heteroatoms. The molecule has 29 heavy (non-hydrogen) atoms. The van der Waals surface area contributed by atoms with Crippen molar-refractivity contribution in [1.29, 1.82) is 0 Å². The first-order chi connectivity index (χ1) is 14.1. The van der Waals surface area contributed by atoms with Gasteiger partial charge in [-0.15, -0.1) is 11.3 Å². The van der Waals surface area contributed by atoms with E-state index in [1.807, 2.05) is 17.5 Å². The summed E-state index contributed by atoms with van der Waals surface area (Å²) in [4.78, 5) is 28.9. The Balaban J connectivity index is 1.88. The second-order valence-corrected chi connectivity index (χ2v) is 8.31. The van der Waals surface area contributed by atoms with Crippen LogP contribution in [0.4, 0.5) is 4.39 Å². The van der Waals surface area contributed by atoms with Crippen LogP contribution in [-0.2, 0) is 20.7 Å². The number of methoxy groups -OCH3 is 1. The summed E-state index contributed by atoms with van der Waals surface area (Å²) in [6.07, 6.45) is 4.30. The van der Waals surface area contributed by atoms with E-state index in [0.29, 0.717) is 12.2 Å². The summed E-state index contributed by atoms with van der Waals surface area (Å²) in [7, 11) is 1.56. The molecule has 1 aliphatic carbocycles. The predicted octanol–water partition coefficient (Wildman–Crippen LogP) is 3.70. The molecule has 1 saturated carbocycles. The van der Waals surface area contributed by atoms with Crippen molar-refractivity contribution in [2.24, 2.45) is 0 Å². The lowest BCUT2D eigenvalue weighted by Crippen LogP contribution is -2.47. The minimum Gasteiger partial charge on any atom is -0.383 e. The molecule has 1 fully saturated rings. The third-order valence-electron chi connectivity index (χ3n) is 5.21. The summed E-state index contributed by atoms with van der Waals surface area (Å²) >= 11 is 1.51. The minimum absolute atomic E-state index is 0.127. The fourth-order valence-corrected chi connectivity index (χ4v) is 4.42. The zero-order valence-corrected chi connectivity index (χ0v) is 17.4. The molecule has 1 aromatic heterocycles. The number of carbonyl (C=O) groups excluding carboxylic acids is 2. The van der Waals surface area contributed by atoms with Gasteiger partial charge in [-0.25, -0.2) is 4.39 Å². The lowest BCUT2D eigenvalue weighted by atomic mass is 10.0. The van der Waals surface area contributed by atoms with Crippen molar-refractivity contribution in [2.75, 3.05) is 20.3 Å². The summed E-state index contributed by atoms with van der Waals surface area (Å²) in [5, 5.41) is 5.02. The highest BCUT2D eigenvalue weighted by atomic mass is 32.1. The van der Waals surface area contributed by atoms with Crippen molar-refractivity contribution in [2.45, 2.75) is 44.2 Å². The molecule has 1 N–H and O–H groups in total. The van der Waals surface area contributed by atoms with Gasteiger partial charge in [0, 0.05) is 24.6 Å². The van der Waals surface area contributed by atoms with E-state index in [2.05, 4.69) is 5.32 Å². The normalized spacial score (nSPS) is 15.2. The second kappa shape index (κ2) is 10.5. The third-order valence-corrected chi connectivity index (χ3v) is 6.09. The summed E-state index contributed by atoms with van der Waals surface area (Å²) < 4.78 is 18.7. The molecule has 1 aromatic carbocycles. The van der Waals surface area contributed by atoms with Gasteiger partial charge in [-0.1, -0.05) is 31.0 Å². The fourth-order valence-electron chi connectivity index (χ4n) is 3.72. The van der Waals surface area contributed by atoms with Crippen molar-refractivity contribution >= 4 is 23.2 Å². The van der Waals surface area contributed by atoms with E-state index in [1.165, 1.54) is 23.5 Å². The van der Waals surface area contributed by atoms with Gasteiger partial charge >= 0.3 is 0 Å². The average molecular weight is 419 g/mol. The average Bonchev–Trinajstić information content (AvgIpc) is 3.40. The van der Waals surface area contributed by atoms with Crippen LogP contribution < -0.4 is 5.32 Å². The molecule has 0 spiro atoms. The Morgan fingerprint density at radius 1 is 1.24 bits per heavy atom. The highest BCUT2D eigenvalue weighted by Crippen LogP contribution is 2.25. The molecule has 1 heterocycles. The van der Waals surface area contributed by atoms with Crippen molar-refractivity contribution in [3.63, 3.8) is 0 Å². The van der Waals surface area contributed by atoms with Crippen LogP contribution in [0.2, 0.25) is 0 Å².